The number of carbonyl (C=O) groups excluding carboxylic acids is 2. The molecule has 0 atom stereocenters. The summed E-state index contributed by atoms with van der Waals surface area (Å²) in [6.45, 7) is 5.26. The molecule has 4 rings (SSSR count). The van der Waals surface area contributed by atoms with E-state index in [2.05, 4.69) is 29.4 Å². The largest absolute Gasteiger partial charge is 0.351 e. The average Bonchev–Trinajstić information content (AvgIpc) is 3.37. The van der Waals surface area contributed by atoms with Gasteiger partial charge in [0.2, 0.25) is 5.91 Å². The molecule has 33 heavy (non-hydrogen) atoms. The standard InChI is InChI=1S/C26H31FN4O2/c1-3-30-22-13-12-20(27)17-21(22)24(31-16-7-11-23(31)32)25(30)26(33)28-14-8-15-29(2)18-19-9-5-4-6-10-19/h4-6,9-10,12-13,17H,3,7-8,11,14-16,18H2,1-2H3,(H,28,33). The third kappa shape index (κ3) is 4.93. The molecule has 0 unspecified atom stereocenters. The number of carbonyl (C=O) groups is 2. The monoisotopic (exact) mass is 450 g/mol. The zero-order valence-electron chi connectivity index (χ0n) is 19.3. The molecule has 7 heteroatoms. The lowest BCUT2D eigenvalue weighted by molar-refractivity contribution is -0.117. The number of amides is 2. The maximum atomic E-state index is 14.1. The van der Waals surface area contributed by atoms with Crippen LogP contribution in [-0.4, -0.2) is 48.0 Å². The van der Waals surface area contributed by atoms with Gasteiger partial charge >= 0.3 is 0 Å². The zero-order valence-corrected chi connectivity index (χ0v) is 19.3. The van der Waals surface area contributed by atoms with Crippen molar-refractivity contribution in [2.75, 3.05) is 31.6 Å². The number of fused-ring (bicyclic) bond motifs is 1. The maximum Gasteiger partial charge on any atom is 0.270 e. The van der Waals surface area contributed by atoms with Gasteiger partial charge in [0.15, 0.2) is 0 Å². The quantitative estimate of drug-likeness (QED) is 0.498. The van der Waals surface area contributed by atoms with E-state index < -0.39 is 0 Å². The molecule has 0 bridgehead atoms. The highest BCUT2D eigenvalue weighted by Gasteiger charge is 2.31. The number of hydrogen-bond donors (Lipinski definition) is 1. The summed E-state index contributed by atoms with van der Waals surface area (Å²) in [7, 11) is 2.06. The molecule has 2 heterocycles. The van der Waals surface area contributed by atoms with E-state index in [-0.39, 0.29) is 17.6 Å². The molecule has 1 saturated heterocycles. The van der Waals surface area contributed by atoms with Crippen molar-refractivity contribution in [1.82, 2.24) is 14.8 Å². The van der Waals surface area contributed by atoms with Crippen LogP contribution in [0.1, 0.15) is 42.2 Å². The first kappa shape index (κ1) is 23.0. The van der Waals surface area contributed by atoms with Crippen LogP contribution in [0.2, 0.25) is 0 Å². The second kappa shape index (κ2) is 10.2. The molecular weight excluding hydrogens is 419 g/mol. The van der Waals surface area contributed by atoms with Gasteiger partial charge in [0, 0.05) is 38.0 Å². The average molecular weight is 451 g/mol. The van der Waals surface area contributed by atoms with Crippen molar-refractivity contribution in [3.05, 3.63) is 65.6 Å². The molecule has 1 aliphatic heterocycles. The third-order valence-corrected chi connectivity index (χ3v) is 6.17. The Morgan fingerprint density at radius 1 is 1.18 bits per heavy atom. The number of nitrogens with one attached hydrogen (secondary N) is 1. The van der Waals surface area contributed by atoms with E-state index in [4.69, 9.17) is 0 Å². The molecule has 2 amide bonds. The highest BCUT2D eigenvalue weighted by atomic mass is 19.1. The summed E-state index contributed by atoms with van der Waals surface area (Å²) in [4.78, 5) is 29.7. The van der Waals surface area contributed by atoms with Crippen LogP contribution in [0.25, 0.3) is 10.9 Å². The summed E-state index contributed by atoms with van der Waals surface area (Å²) in [5.41, 5.74) is 2.99. The SMILES string of the molecule is CCn1c(C(=O)NCCCN(C)Cc2ccccc2)c(N2CCCC2=O)c2cc(F)ccc21. The lowest BCUT2D eigenvalue weighted by atomic mass is 10.2. The molecule has 6 nitrogen and oxygen atoms in total. The topological polar surface area (TPSA) is 57.6 Å². The van der Waals surface area contributed by atoms with Crippen LogP contribution >= 0.6 is 0 Å². The smallest absolute Gasteiger partial charge is 0.270 e. The van der Waals surface area contributed by atoms with Crippen LogP contribution in [0.5, 0.6) is 0 Å². The van der Waals surface area contributed by atoms with Crippen LogP contribution in [0, 0.1) is 5.82 Å². The van der Waals surface area contributed by atoms with Crippen molar-refractivity contribution < 1.29 is 14.0 Å². The first-order chi connectivity index (χ1) is 16.0. The minimum Gasteiger partial charge on any atom is -0.351 e. The summed E-state index contributed by atoms with van der Waals surface area (Å²) in [6, 6.07) is 14.8. The van der Waals surface area contributed by atoms with Gasteiger partial charge in [-0.15, -0.1) is 0 Å². The molecule has 1 aliphatic rings. The Hall–Kier alpha value is -3.19. The Kier molecular flexibility index (Phi) is 7.08. The molecule has 0 aliphatic carbocycles. The number of halogens is 1. The summed E-state index contributed by atoms with van der Waals surface area (Å²) in [5.74, 6) is -0.628. The van der Waals surface area contributed by atoms with E-state index in [1.165, 1.54) is 17.7 Å². The van der Waals surface area contributed by atoms with Gasteiger partial charge in [0.05, 0.1) is 11.2 Å². The van der Waals surface area contributed by atoms with Crippen LogP contribution in [-0.2, 0) is 17.9 Å². The van der Waals surface area contributed by atoms with E-state index >= 15 is 0 Å². The van der Waals surface area contributed by atoms with Crippen LogP contribution in [0.4, 0.5) is 10.1 Å². The minimum absolute atomic E-state index is 0.0222. The highest BCUT2D eigenvalue weighted by Crippen LogP contribution is 2.37. The van der Waals surface area contributed by atoms with Gasteiger partial charge in [-0.25, -0.2) is 4.39 Å². The number of aryl methyl sites for hydroxylation is 1. The molecule has 3 aromatic rings. The molecular formula is C26H31FN4O2. The van der Waals surface area contributed by atoms with Crippen molar-refractivity contribution in [3.8, 4) is 0 Å². The van der Waals surface area contributed by atoms with Gasteiger partial charge in [-0.2, -0.15) is 0 Å². The van der Waals surface area contributed by atoms with E-state index in [1.807, 2.05) is 29.7 Å². The van der Waals surface area contributed by atoms with Gasteiger partial charge in [-0.3, -0.25) is 9.59 Å². The fourth-order valence-electron chi connectivity index (χ4n) is 4.63. The second-order valence-electron chi connectivity index (χ2n) is 8.58. The van der Waals surface area contributed by atoms with E-state index in [0.29, 0.717) is 42.8 Å². The van der Waals surface area contributed by atoms with Gasteiger partial charge in [0.1, 0.15) is 11.5 Å². The zero-order chi connectivity index (χ0) is 23.4. The summed E-state index contributed by atoms with van der Waals surface area (Å²) < 4.78 is 16.0. The van der Waals surface area contributed by atoms with Gasteiger partial charge in [-0.1, -0.05) is 30.3 Å². The van der Waals surface area contributed by atoms with Crippen molar-refractivity contribution in [3.63, 3.8) is 0 Å². The van der Waals surface area contributed by atoms with E-state index in [0.717, 1.165) is 31.4 Å². The summed E-state index contributed by atoms with van der Waals surface area (Å²) in [6.07, 6.45) is 1.98. The van der Waals surface area contributed by atoms with Gasteiger partial charge in [0.25, 0.3) is 5.91 Å². The molecule has 0 spiro atoms. The van der Waals surface area contributed by atoms with Crippen LogP contribution in [0.3, 0.4) is 0 Å². The lowest BCUT2D eigenvalue weighted by Crippen LogP contribution is -2.32. The van der Waals surface area contributed by atoms with Crippen LogP contribution in [0.15, 0.2) is 48.5 Å². The predicted molar refractivity (Wildman–Crippen MR) is 129 cm³/mol. The van der Waals surface area contributed by atoms with Gasteiger partial charge < -0.3 is 19.7 Å². The molecule has 0 saturated carbocycles. The Balaban J connectivity index is 1.49. The summed E-state index contributed by atoms with van der Waals surface area (Å²) >= 11 is 0. The van der Waals surface area contributed by atoms with Crippen LogP contribution < -0.4 is 10.2 Å². The van der Waals surface area contributed by atoms with E-state index in [9.17, 15) is 14.0 Å². The van der Waals surface area contributed by atoms with Gasteiger partial charge in [-0.05, 0) is 57.1 Å². The normalized spacial score (nSPS) is 13.9. The minimum atomic E-state index is -0.378. The number of benzene rings is 2. The number of anilines is 1. The first-order valence-corrected chi connectivity index (χ1v) is 11.6. The first-order valence-electron chi connectivity index (χ1n) is 11.6. The van der Waals surface area contributed by atoms with Crippen molar-refractivity contribution in [1.29, 1.82) is 0 Å². The number of nitrogens with zero attached hydrogens (tertiary/aromatic N) is 3. The second-order valence-corrected chi connectivity index (χ2v) is 8.58. The highest BCUT2D eigenvalue weighted by molar-refractivity contribution is 6.14. The molecule has 1 fully saturated rings. The molecule has 1 N–H and O–H groups in total. The Morgan fingerprint density at radius 3 is 2.67 bits per heavy atom. The van der Waals surface area contributed by atoms with Crippen molar-refractivity contribution in [2.45, 2.75) is 39.3 Å². The summed E-state index contributed by atoms with van der Waals surface area (Å²) in [5, 5.41) is 3.64. The Labute approximate surface area is 194 Å². The molecule has 174 valence electrons. The number of rotatable bonds is 9. The molecule has 0 radical (unpaired) electrons. The van der Waals surface area contributed by atoms with Crippen molar-refractivity contribution in [2.24, 2.45) is 0 Å². The lowest BCUT2D eigenvalue weighted by Gasteiger charge is -2.19. The fraction of sp³-hybridized carbons (Fsp3) is 0.385. The predicted octanol–water partition coefficient (Wildman–Crippen LogP) is 4.18. The molecule has 2 aromatic carbocycles. The third-order valence-electron chi connectivity index (χ3n) is 6.17. The maximum absolute atomic E-state index is 14.1. The Bertz CT molecular complexity index is 1140. The number of hydrogen-bond acceptors (Lipinski definition) is 3. The van der Waals surface area contributed by atoms with Crippen molar-refractivity contribution >= 4 is 28.4 Å². The number of aromatic nitrogens is 1. The Morgan fingerprint density at radius 2 is 1.97 bits per heavy atom. The fourth-order valence-corrected chi connectivity index (χ4v) is 4.63. The molecule has 1 aromatic heterocycles. The van der Waals surface area contributed by atoms with E-state index in [1.54, 1.807) is 11.0 Å².